The summed E-state index contributed by atoms with van der Waals surface area (Å²) in [6.07, 6.45) is 4.81. The fraction of sp³-hybridized carbons (Fsp3) is 0.500. The van der Waals surface area contributed by atoms with Crippen LogP contribution in [0.1, 0.15) is 83.1 Å². The van der Waals surface area contributed by atoms with Gasteiger partial charge in [0.15, 0.2) is 5.82 Å². The van der Waals surface area contributed by atoms with Crippen LogP contribution in [0, 0.1) is 0 Å². The minimum Gasteiger partial charge on any atom is -0.473 e. The molecule has 0 bridgehead atoms. The number of likely N-dealkylation sites (tertiary alicyclic amines) is 1. The number of nitrogens with one attached hydrogen (secondary N) is 2. The van der Waals surface area contributed by atoms with Crippen LogP contribution in [0.3, 0.4) is 0 Å². The van der Waals surface area contributed by atoms with Crippen LogP contribution in [0.4, 0.5) is 11.5 Å². The van der Waals surface area contributed by atoms with Gasteiger partial charge < -0.3 is 19.9 Å². The van der Waals surface area contributed by atoms with Crippen LogP contribution in [0.2, 0.25) is 0 Å². The van der Waals surface area contributed by atoms with Gasteiger partial charge in [0.05, 0.1) is 18.8 Å². The Labute approximate surface area is 235 Å². The van der Waals surface area contributed by atoms with Gasteiger partial charge in [-0.15, -0.1) is 0 Å². The Morgan fingerprint density at radius 2 is 1.68 bits per heavy atom. The molecule has 3 aromatic rings. The molecule has 0 aliphatic carbocycles. The monoisotopic (exact) mass is 548 g/mol. The zero-order chi connectivity index (χ0) is 29.3. The fourth-order valence-corrected chi connectivity index (χ4v) is 4.99. The lowest BCUT2D eigenvalue weighted by Crippen LogP contribution is -2.60. The maximum atomic E-state index is 12.7. The van der Waals surface area contributed by atoms with E-state index in [1.807, 2.05) is 20.8 Å². The summed E-state index contributed by atoms with van der Waals surface area (Å²) < 4.78 is 11.5. The third-order valence-electron chi connectivity index (χ3n) is 7.51. The first-order valence-corrected chi connectivity index (χ1v) is 13.5. The van der Waals surface area contributed by atoms with Gasteiger partial charge in [0.25, 0.3) is 5.91 Å². The summed E-state index contributed by atoms with van der Waals surface area (Å²) in [5.74, 6) is 0.887. The molecule has 1 fully saturated rings. The van der Waals surface area contributed by atoms with Gasteiger partial charge in [-0.25, -0.2) is 9.97 Å². The van der Waals surface area contributed by atoms with Gasteiger partial charge in [-0.1, -0.05) is 38.1 Å². The topological polar surface area (TPSA) is 122 Å². The minimum atomic E-state index is -0.383. The van der Waals surface area contributed by atoms with Crippen molar-refractivity contribution in [1.82, 2.24) is 20.0 Å². The minimum absolute atomic E-state index is 0.00711. The summed E-state index contributed by atoms with van der Waals surface area (Å²) >= 11 is 0. The maximum Gasteiger partial charge on any atom is 0.275 e. The van der Waals surface area contributed by atoms with Crippen LogP contribution < -0.4 is 15.4 Å². The molecule has 1 aliphatic rings. The summed E-state index contributed by atoms with van der Waals surface area (Å²) in [4.78, 5) is 36.1. The van der Waals surface area contributed by atoms with Gasteiger partial charge in [-0.3, -0.25) is 14.5 Å². The van der Waals surface area contributed by atoms with Crippen molar-refractivity contribution in [1.29, 1.82) is 0 Å². The van der Waals surface area contributed by atoms with Gasteiger partial charge in [-0.05, 0) is 52.4 Å². The predicted molar refractivity (Wildman–Crippen MR) is 154 cm³/mol. The molecule has 2 amide bonds. The number of anilines is 2. The number of amides is 2. The molecule has 0 radical (unpaired) electrons. The number of hydrogen-bond acceptors (Lipinski definition) is 8. The number of nitrogens with zero attached hydrogens (tertiary/aromatic N) is 4. The van der Waals surface area contributed by atoms with Crippen molar-refractivity contribution < 1.29 is 18.8 Å². The second kappa shape index (κ2) is 11.0. The molecule has 1 saturated heterocycles. The fourth-order valence-electron chi connectivity index (χ4n) is 4.99. The quantitative estimate of drug-likeness (QED) is 0.412. The van der Waals surface area contributed by atoms with Gasteiger partial charge >= 0.3 is 0 Å². The Morgan fingerprint density at radius 3 is 2.23 bits per heavy atom. The second-order valence-corrected chi connectivity index (χ2v) is 12.8. The number of carbonyl (C=O) groups excluding carboxylic acids is 2. The number of ether oxygens (including phenoxy) is 1. The predicted octanol–water partition coefficient (Wildman–Crippen LogP) is 5.23. The lowest BCUT2D eigenvalue weighted by molar-refractivity contribution is -0.115. The van der Waals surface area contributed by atoms with Crippen molar-refractivity contribution in [2.24, 2.45) is 0 Å². The maximum absolute atomic E-state index is 12.7. The third-order valence-corrected chi connectivity index (χ3v) is 7.51. The van der Waals surface area contributed by atoms with Crippen molar-refractivity contribution in [2.75, 3.05) is 17.7 Å². The number of rotatable bonds is 7. The van der Waals surface area contributed by atoms with E-state index in [9.17, 15) is 9.59 Å². The summed E-state index contributed by atoms with van der Waals surface area (Å²) in [5, 5.41) is 9.48. The molecule has 2 aromatic heterocycles. The zero-order valence-corrected chi connectivity index (χ0v) is 24.7. The Morgan fingerprint density at radius 1 is 1.02 bits per heavy atom. The largest absolute Gasteiger partial charge is 0.473 e. The highest BCUT2D eigenvalue weighted by atomic mass is 16.5. The molecule has 0 spiro atoms. The van der Waals surface area contributed by atoms with Crippen LogP contribution in [-0.4, -0.2) is 56.1 Å². The highest BCUT2D eigenvalue weighted by Crippen LogP contribution is 2.38. The van der Waals surface area contributed by atoms with Crippen LogP contribution >= 0.6 is 0 Å². The van der Waals surface area contributed by atoms with Crippen molar-refractivity contribution >= 4 is 23.3 Å². The van der Waals surface area contributed by atoms with Crippen LogP contribution in [0.15, 0.2) is 47.2 Å². The highest BCUT2D eigenvalue weighted by Gasteiger charge is 2.44. The SMILES string of the molecule is CN1C(C)(C)CC(Oc2cnc(C(=O)Nc3ccc(CC(=O)Nc4cc(C(C)(C)C)on4)cc3)cn2)CC1(C)C. The average molecular weight is 549 g/mol. The molecule has 40 heavy (non-hydrogen) atoms. The van der Waals surface area contributed by atoms with Gasteiger partial charge in [0.1, 0.15) is 17.6 Å². The molecular weight excluding hydrogens is 508 g/mol. The molecular formula is C30H40N6O4. The Balaban J connectivity index is 1.29. The molecule has 214 valence electrons. The lowest BCUT2D eigenvalue weighted by atomic mass is 9.79. The van der Waals surface area contributed by atoms with Crippen LogP contribution in [0.5, 0.6) is 5.88 Å². The molecule has 0 saturated carbocycles. The second-order valence-electron chi connectivity index (χ2n) is 12.8. The van der Waals surface area contributed by atoms with E-state index in [2.05, 4.69) is 65.4 Å². The van der Waals surface area contributed by atoms with Gasteiger partial charge in [0.2, 0.25) is 11.8 Å². The summed E-state index contributed by atoms with van der Waals surface area (Å²) in [6.45, 7) is 14.9. The molecule has 4 rings (SSSR count). The molecule has 10 heteroatoms. The van der Waals surface area contributed by atoms with E-state index in [0.29, 0.717) is 23.1 Å². The summed E-state index contributed by atoms with van der Waals surface area (Å²) in [7, 11) is 2.15. The first-order chi connectivity index (χ1) is 18.6. The van der Waals surface area contributed by atoms with Crippen LogP contribution in [0.25, 0.3) is 0 Å². The van der Waals surface area contributed by atoms with E-state index in [-0.39, 0.29) is 46.5 Å². The van der Waals surface area contributed by atoms with Crippen molar-refractivity contribution in [3.63, 3.8) is 0 Å². The first kappa shape index (κ1) is 29.2. The Kier molecular flexibility index (Phi) is 8.03. The molecule has 1 aromatic carbocycles. The van der Waals surface area contributed by atoms with Crippen molar-refractivity contribution in [2.45, 2.75) is 90.3 Å². The van der Waals surface area contributed by atoms with Gasteiger partial charge in [-0.2, -0.15) is 0 Å². The van der Waals surface area contributed by atoms with E-state index in [4.69, 9.17) is 9.26 Å². The summed E-state index contributed by atoms with van der Waals surface area (Å²) in [5.41, 5.74) is 1.34. The zero-order valence-electron chi connectivity index (χ0n) is 24.7. The number of aromatic nitrogens is 3. The number of carbonyl (C=O) groups is 2. The van der Waals surface area contributed by atoms with Crippen molar-refractivity contribution in [3.8, 4) is 5.88 Å². The number of benzene rings is 1. The number of piperidine rings is 1. The van der Waals surface area contributed by atoms with Crippen LogP contribution in [-0.2, 0) is 16.6 Å². The molecule has 0 atom stereocenters. The lowest BCUT2D eigenvalue weighted by Gasteiger charge is -2.53. The van der Waals surface area contributed by atoms with E-state index < -0.39 is 0 Å². The molecule has 0 unspecified atom stereocenters. The average Bonchev–Trinajstić information content (AvgIpc) is 3.33. The smallest absolute Gasteiger partial charge is 0.275 e. The molecule has 3 heterocycles. The standard InChI is InChI=1S/C30H40N6O4/c1-28(2,3)23-14-24(35-40-23)34-25(37)13-19-9-11-20(12-10-19)33-27(38)22-17-32-26(18-31-22)39-21-15-29(4,5)36(8)30(6,7)16-21/h9-12,14,17-18,21H,13,15-16H2,1-8H3,(H,33,38)(H,34,35,37). The Hall–Kier alpha value is -3.79. The molecule has 10 nitrogen and oxygen atoms in total. The molecule has 2 N–H and O–H groups in total. The summed E-state index contributed by atoms with van der Waals surface area (Å²) in [6, 6.07) is 8.78. The first-order valence-electron chi connectivity index (χ1n) is 13.5. The normalized spacial score (nSPS) is 17.3. The highest BCUT2D eigenvalue weighted by molar-refractivity contribution is 6.02. The van der Waals surface area contributed by atoms with E-state index in [0.717, 1.165) is 18.4 Å². The third kappa shape index (κ3) is 7.04. The van der Waals surface area contributed by atoms with Gasteiger partial charge in [0, 0.05) is 41.1 Å². The van der Waals surface area contributed by atoms with E-state index >= 15 is 0 Å². The van der Waals surface area contributed by atoms with E-state index in [1.54, 1.807) is 30.3 Å². The van der Waals surface area contributed by atoms with Crippen molar-refractivity contribution in [3.05, 3.63) is 59.7 Å². The molecule has 1 aliphatic heterocycles. The Bertz CT molecular complexity index is 1320. The van der Waals surface area contributed by atoms with E-state index in [1.165, 1.54) is 12.4 Å². The number of hydrogen-bond donors (Lipinski definition) is 2.